The molecule has 2 aromatic carbocycles. The predicted molar refractivity (Wildman–Crippen MR) is 105 cm³/mol. The van der Waals surface area contributed by atoms with Crippen molar-refractivity contribution in [2.75, 3.05) is 0 Å². The molecule has 4 rings (SSSR count). The van der Waals surface area contributed by atoms with Crippen molar-refractivity contribution in [1.29, 1.82) is 0 Å². The molecule has 138 valence electrons. The summed E-state index contributed by atoms with van der Waals surface area (Å²) in [6, 6.07) is 17.8. The van der Waals surface area contributed by atoms with Crippen LogP contribution in [0.25, 0.3) is 10.9 Å². The molecule has 0 bridgehead atoms. The van der Waals surface area contributed by atoms with E-state index in [1.54, 1.807) is 17.0 Å². The number of amides is 1. The summed E-state index contributed by atoms with van der Waals surface area (Å²) in [7, 11) is 0. The maximum absolute atomic E-state index is 12.7. The summed E-state index contributed by atoms with van der Waals surface area (Å²) in [5, 5.41) is 0.620. The Bertz CT molecular complexity index is 993. The maximum Gasteiger partial charge on any atom is 0.261 e. The van der Waals surface area contributed by atoms with Gasteiger partial charge < -0.3 is 4.90 Å². The topological polar surface area (TPSA) is 55.2 Å². The van der Waals surface area contributed by atoms with Crippen molar-refractivity contribution in [3.63, 3.8) is 0 Å². The third-order valence-corrected chi connectivity index (χ3v) is 5.02. The molecule has 0 N–H and O–H groups in total. The molecule has 1 saturated carbocycles. The first-order valence-corrected chi connectivity index (χ1v) is 9.50. The summed E-state index contributed by atoms with van der Waals surface area (Å²) in [6.45, 7) is 1.17. The van der Waals surface area contributed by atoms with E-state index >= 15 is 0 Å². The van der Waals surface area contributed by atoms with Gasteiger partial charge in [0.2, 0.25) is 5.91 Å². The first kappa shape index (κ1) is 17.5. The lowest BCUT2D eigenvalue weighted by Crippen LogP contribution is -2.32. The summed E-state index contributed by atoms with van der Waals surface area (Å²) in [6.07, 6.45) is 4.84. The monoisotopic (exact) mass is 361 g/mol. The fourth-order valence-electron chi connectivity index (χ4n) is 3.40. The van der Waals surface area contributed by atoms with Gasteiger partial charge in [-0.25, -0.2) is 4.98 Å². The van der Waals surface area contributed by atoms with Crippen molar-refractivity contribution < 1.29 is 4.79 Å². The molecule has 0 radical (unpaired) electrons. The molecule has 5 heteroatoms. The fraction of sp³-hybridized carbons (Fsp3) is 0.318. The average Bonchev–Trinajstić information content (AvgIpc) is 3.54. The number of nitrogens with zero attached hydrogens (tertiary/aromatic N) is 3. The van der Waals surface area contributed by atoms with Crippen LogP contribution in [0.5, 0.6) is 0 Å². The minimum absolute atomic E-state index is 0.0450. The lowest BCUT2D eigenvalue weighted by Gasteiger charge is -2.22. The van der Waals surface area contributed by atoms with Crippen LogP contribution in [-0.2, 0) is 17.9 Å². The number of fused-ring (bicyclic) bond motifs is 1. The van der Waals surface area contributed by atoms with Crippen molar-refractivity contribution in [3.8, 4) is 0 Å². The summed E-state index contributed by atoms with van der Waals surface area (Å²) in [4.78, 5) is 31.6. The van der Waals surface area contributed by atoms with Crippen LogP contribution in [0.2, 0.25) is 0 Å². The molecule has 0 unspecified atom stereocenters. The zero-order valence-electron chi connectivity index (χ0n) is 15.3. The smallest absolute Gasteiger partial charge is 0.261 e. The van der Waals surface area contributed by atoms with Crippen LogP contribution < -0.4 is 5.56 Å². The Morgan fingerprint density at radius 2 is 1.81 bits per heavy atom. The van der Waals surface area contributed by atoms with Gasteiger partial charge in [-0.15, -0.1) is 0 Å². The minimum atomic E-state index is -0.0450. The van der Waals surface area contributed by atoms with Crippen LogP contribution >= 0.6 is 0 Å². The van der Waals surface area contributed by atoms with Crippen LogP contribution in [0.4, 0.5) is 0 Å². The van der Waals surface area contributed by atoms with Gasteiger partial charge in [0.25, 0.3) is 5.56 Å². The number of hydrogen-bond donors (Lipinski definition) is 0. The highest BCUT2D eigenvalue weighted by Crippen LogP contribution is 2.29. The van der Waals surface area contributed by atoms with Gasteiger partial charge >= 0.3 is 0 Å². The Morgan fingerprint density at radius 1 is 1.07 bits per heavy atom. The predicted octanol–water partition coefficient (Wildman–Crippen LogP) is 3.37. The van der Waals surface area contributed by atoms with Crippen molar-refractivity contribution in [3.05, 3.63) is 76.8 Å². The van der Waals surface area contributed by atoms with Crippen molar-refractivity contribution in [2.24, 2.45) is 0 Å². The number of benzene rings is 2. The molecular formula is C22H23N3O2. The van der Waals surface area contributed by atoms with Crippen LogP contribution in [-0.4, -0.2) is 26.4 Å². The SMILES string of the molecule is O=C(CCCn1cnc2ccccc2c1=O)N(Cc1ccccc1)C1CC1. The maximum atomic E-state index is 12.7. The number of para-hydroxylation sites is 1. The molecule has 3 aromatic rings. The van der Waals surface area contributed by atoms with Gasteiger partial charge in [-0.05, 0) is 37.0 Å². The van der Waals surface area contributed by atoms with E-state index in [-0.39, 0.29) is 11.5 Å². The number of aryl methyl sites for hydroxylation is 1. The highest BCUT2D eigenvalue weighted by Gasteiger charge is 2.32. The van der Waals surface area contributed by atoms with Gasteiger partial charge in [0.15, 0.2) is 0 Å². The first-order chi connectivity index (χ1) is 13.2. The molecule has 1 amide bonds. The van der Waals surface area contributed by atoms with Crippen molar-refractivity contribution in [1.82, 2.24) is 14.5 Å². The Hall–Kier alpha value is -2.95. The van der Waals surface area contributed by atoms with Crippen molar-refractivity contribution in [2.45, 2.75) is 44.8 Å². The minimum Gasteiger partial charge on any atom is -0.335 e. The second kappa shape index (κ2) is 7.74. The summed E-state index contributed by atoms with van der Waals surface area (Å²) in [5.41, 5.74) is 1.82. The number of aromatic nitrogens is 2. The average molecular weight is 361 g/mol. The van der Waals surface area contributed by atoms with E-state index in [2.05, 4.69) is 17.1 Å². The van der Waals surface area contributed by atoms with Gasteiger partial charge in [-0.1, -0.05) is 42.5 Å². The molecule has 0 spiro atoms. The molecule has 1 fully saturated rings. The molecular weight excluding hydrogens is 338 g/mol. The number of carbonyl (C=O) groups is 1. The standard InChI is InChI=1S/C22H23N3O2/c26-21(25(18-12-13-18)15-17-7-2-1-3-8-17)11-6-14-24-16-23-20-10-5-4-9-19(20)22(24)27/h1-5,7-10,16,18H,6,11-15H2. The Kier molecular flexibility index (Phi) is 5.01. The van der Waals surface area contributed by atoms with Gasteiger partial charge in [-0.2, -0.15) is 0 Å². The van der Waals surface area contributed by atoms with E-state index in [0.717, 1.165) is 18.4 Å². The van der Waals surface area contributed by atoms with Gasteiger partial charge in [0.1, 0.15) is 0 Å². The molecule has 1 aliphatic rings. The number of hydrogen-bond acceptors (Lipinski definition) is 3. The number of carbonyl (C=O) groups excluding carboxylic acids is 1. The fourth-order valence-corrected chi connectivity index (χ4v) is 3.40. The third-order valence-electron chi connectivity index (χ3n) is 5.02. The van der Waals surface area contributed by atoms with Crippen LogP contribution in [0, 0.1) is 0 Å². The van der Waals surface area contributed by atoms with E-state index in [1.807, 2.05) is 41.3 Å². The van der Waals surface area contributed by atoms with Crippen LogP contribution in [0.3, 0.4) is 0 Å². The third kappa shape index (κ3) is 4.08. The molecule has 0 saturated heterocycles. The molecule has 1 aromatic heterocycles. The van der Waals surface area contributed by atoms with E-state index in [9.17, 15) is 9.59 Å². The van der Waals surface area contributed by atoms with Crippen LogP contribution in [0.15, 0.2) is 65.7 Å². The Balaban J connectivity index is 1.38. The quantitative estimate of drug-likeness (QED) is 0.648. The van der Waals surface area contributed by atoms with Gasteiger partial charge in [0.05, 0.1) is 17.2 Å². The largest absolute Gasteiger partial charge is 0.335 e. The molecule has 27 heavy (non-hydrogen) atoms. The van der Waals surface area contributed by atoms with Crippen LogP contribution in [0.1, 0.15) is 31.2 Å². The van der Waals surface area contributed by atoms with Gasteiger partial charge in [0, 0.05) is 25.6 Å². The second-order valence-electron chi connectivity index (χ2n) is 7.10. The first-order valence-electron chi connectivity index (χ1n) is 9.50. The van der Waals surface area contributed by atoms with E-state index < -0.39 is 0 Å². The zero-order chi connectivity index (χ0) is 18.6. The Labute approximate surface area is 158 Å². The van der Waals surface area contributed by atoms with E-state index in [0.29, 0.717) is 42.9 Å². The lowest BCUT2D eigenvalue weighted by atomic mass is 10.2. The highest BCUT2D eigenvalue weighted by molar-refractivity contribution is 5.77. The highest BCUT2D eigenvalue weighted by atomic mass is 16.2. The van der Waals surface area contributed by atoms with E-state index in [1.165, 1.54) is 0 Å². The molecule has 1 heterocycles. The molecule has 1 aliphatic carbocycles. The Morgan fingerprint density at radius 3 is 2.59 bits per heavy atom. The molecule has 0 aliphatic heterocycles. The summed E-state index contributed by atoms with van der Waals surface area (Å²) >= 11 is 0. The summed E-state index contributed by atoms with van der Waals surface area (Å²) < 4.78 is 1.61. The molecule has 5 nitrogen and oxygen atoms in total. The zero-order valence-corrected chi connectivity index (χ0v) is 15.3. The second-order valence-corrected chi connectivity index (χ2v) is 7.10. The normalized spacial score (nSPS) is 13.6. The number of rotatable bonds is 7. The lowest BCUT2D eigenvalue weighted by molar-refractivity contribution is -0.132. The van der Waals surface area contributed by atoms with Gasteiger partial charge in [-0.3, -0.25) is 14.2 Å². The molecule has 0 atom stereocenters. The summed E-state index contributed by atoms with van der Waals surface area (Å²) in [5.74, 6) is 0.170. The van der Waals surface area contributed by atoms with E-state index in [4.69, 9.17) is 0 Å². The van der Waals surface area contributed by atoms with Crippen molar-refractivity contribution >= 4 is 16.8 Å².